The van der Waals surface area contributed by atoms with E-state index in [1.54, 1.807) is 6.92 Å². The molecule has 112 valence electrons. The Labute approximate surface area is 120 Å². The second kappa shape index (κ2) is 6.41. The summed E-state index contributed by atoms with van der Waals surface area (Å²) in [6.45, 7) is 11.1. The molecule has 1 aromatic heterocycles. The summed E-state index contributed by atoms with van der Waals surface area (Å²) in [5.41, 5.74) is 0.700. The maximum atomic E-state index is 11.0. The normalized spacial score (nSPS) is 19.1. The van der Waals surface area contributed by atoms with Gasteiger partial charge in [-0.15, -0.1) is 0 Å². The third-order valence-corrected chi connectivity index (χ3v) is 4.16. The number of carboxylic acids is 1. The summed E-state index contributed by atoms with van der Waals surface area (Å²) in [7, 11) is 0. The van der Waals surface area contributed by atoms with E-state index in [1.165, 1.54) is 6.42 Å². The van der Waals surface area contributed by atoms with Crippen molar-refractivity contribution in [1.29, 1.82) is 0 Å². The maximum Gasteiger partial charge on any atom is 0.372 e. The first-order valence-corrected chi connectivity index (χ1v) is 7.30. The quantitative estimate of drug-likeness (QED) is 0.896. The molecule has 1 unspecified atom stereocenters. The number of rotatable bonds is 5. The Hall–Kier alpha value is -1.33. The van der Waals surface area contributed by atoms with Crippen molar-refractivity contribution in [1.82, 2.24) is 9.80 Å². The van der Waals surface area contributed by atoms with Crippen molar-refractivity contribution in [2.24, 2.45) is 0 Å². The van der Waals surface area contributed by atoms with E-state index in [0.29, 0.717) is 18.2 Å². The zero-order chi connectivity index (χ0) is 14.7. The van der Waals surface area contributed by atoms with Gasteiger partial charge in [-0.05, 0) is 26.3 Å². The Bertz CT molecular complexity index is 462. The topological polar surface area (TPSA) is 56.9 Å². The molecule has 0 aromatic carbocycles. The molecule has 1 aromatic rings. The molecular weight excluding hydrogens is 256 g/mol. The maximum absolute atomic E-state index is 11.0. The largest absolute Gasteiger partial charge is 0.475 e. The van der Waals surface area contributed by atoms with Gasteiger partial charge in [0, 0.05) is 37.8 Å². The van der Waals surface area contributed by atoms with E-state index in [2.05, 4.69) is 23.6 Å². The summed E-state index contributed by atoms with van der Waals surface area (Å²) < 4.78 is 5.42. The highest BCUT2D eigenvalue weighted by Gasteiger charge is 2.22. The zero-order valence-corrected chi connectivity index (χ0v) is 12.6. The Morgan fingerprint density at radius 1 is 1.40 bits per heavy atom. The average Bonchev–Trinajstić information content (AvgIpc) is 2.79. The minimum absolute atomic E-state index is 0.0678. The molecule has 5 nitrogen and oxygen atoms in total. The van der Waals surface area contributed by atoms with Crippen LogP contribution < -0.4 is 0 Å². The molecule has 0 saturated carbocycles. The van der Waals surface area contributed by atoms with E-state index < -0.39 is 5.97 Å². The van der Waals surface area contributed by atoms with Crippen molar-refractivity contribution < 1.29 is 14.3 Å². The number of nitrogens with zero attached hydrogens (tertiary/aromatic N) is 2. The van der Waals surface area contributed by atoms with Crippen molar-refractivity contribution >= 4 is 5.97 Å². The predicted octanol–water partition coefficient (Wildman–Crippen LogP) is 2.20. The molecule has 20 heavy (non-hydrogen) atoms. The molecule has 0 bridgehead atoms. The molecule has 0 spiro atoms. The fourth-order valence-corrected chi connectivity index (χ4v) is 2.68. The van der Waals surface area contributed by atoms with Crippen LogP contribution in [0.4, 0.5) is 0 Å². The van der Waals surface area contributed by atoms with E-state index in [4.69, 9.17) is 9.52 Å². The molecule has 0 amide bonds. The molecule has 5 heteroatoms. The van der Waals surface area contributed by atoms with Crippen LogP contribution in [-0.4, -0.2) is 53.1 Å². The van der Waals surface area contributed by atoms with Crippen molar-refractivity contribution in [2.45, 2.75) is 39.8 Å². The van der Waals surface area contributed by atoms with Gasteiger partial charge in [-0.2, -0.15) is 0 Å². The Morgan fingerprint density at radius 2 is 2.05 bits per heavy atom. The number of furan rings is 1. The third-order valence-electron chi connectivity index (χ3n) is 4.16. The first kappa shape index (κ1) is 15.1. The van der Waals surface area contributed by atoms with Gasteiger partial charge in [0.1, 0.15) is 5.76 Å². The first-order chi connectivity index (χ1) is 9.51. The van der Waals surface area contributed by atoms with Gasteiger partial charge in [-0.25, -0.2) is 4.79 Å². The predicted molar refractivity (Wildman–Crippen MR) is 77.0 cm³/mol. The highest BCUT2D eigenvalue weighted by Crippen LogP contribution is 2.18. The lowest BCUT2D eigenvalue weighted by atomic mass is 10.2. The van der Waals surface area contributed by atoms with Gasteiger partial charge in [0.2, 0.25) is 5.76 Å². The number of piperazine rings is 1. The van der Waals surface area contributed by atoms with Crippen LogP contribution in [0.2, 0.25) is 0 Å². The number of hydrogen-bond donors (Lipinski definition) is 1. The van der Waals surface area contributed by atoms with Crippen molar-refractivity contribution in [3.63, 3.8) is 0 Å². The molecule has 1 fully saturated rings. The summed E-state index contributed by atoms with van der Waals surface area (Å²) >= 11 is 0. The van der Waals surface area contributed by atoms with Gasteiger partial charge in [0.15, 0.2) is 0 Å². The molecule has 1 atom stereocenters. The smallest absolute Gasteiger partial charge is 0.372 e. The first-order valence-electron chi connectivity index (χ1n) is 7.30. The Balaban J connectivity index is 1.89. The minimum Gasteiger partial charge on any atom is -0.475 e. The van der Waals surface area contributed by atoms with Crippen molar-refractivity contribution in [3.05, 3.63) is 23.2 Å². The van der Waals surface area contributed by atoms with Crippen molar-refractivity contribution in [2.75, 3.05) is 26.2 Å². The van der Waals surface area contributed by atoms with Crippen molar-refractivity contribution in [3.8, 4) is 0 Å². The standard InChI is InChI=1S/C15H24N2O3/c1-4-12(3)17-7-5-16(6-8-17)10-13-9-11(2)14(20-13)15(18)19/h9,12H,4-8,10H2,1-3H3,(H,18,19). The highest BCUT2D eigenvalue weighted by molar-refractivity contribution is 5.86. The fourth-order valence-electron chi connectivity index (χ4n) is 2.68. The SMILES string of the molecule is CCC(C)N1CCN(Cc2cc(C)c(C(=O)O)o2)CC1. The van der Waals surface area contributed by atoms with Crippen LogP contribution in [-0.2, 0) is 6.54 Å². The van der Waals surface area contributed by atoms with Gasteiger partial charge < -0.3 is 9.52 Å². The Kier molecular flexibility index (Phi) is 4.83. The van der Waals surface area contributed by atoms with E-state index >= 15 is 0 Å². The van der Waals surface area contributed by atoms with Crippen LogP contribution in [0, 0.1) is 6.92 Å². The highest BCUT2D eigenvalue weighted by atomic mass is 16.4. The zero-order valence-electron chi connectivity index (χ0n) is 12.6. The molecule has 1 aliphatic rings. The van der Waals surface area contributed by atoms with Crippen LogP contribution in [0.15, 0.2) is 10.5 Å². The minimum atomic E-state index is -0.990. The average molecular weight is 280 g/mol. The summed E-state index contributed by atoms with van der Waals surface area (Å²) in [4.78, 5) is 15.8. The lowest BCUT2D eigenvalue weighted by Gasteiger charge is -2.37. The molecule has 0 radical (unpaired) electrons. The molecular formula is C15H24N2O3. The fraction of sp³-hybridized carbons (Fsp3) is 0.667. The van der Waals surface area contributed by atoms with Gasteiger partial charge in [-0.3, -0.25) is 9.80 Å². The summed E-state index contributed by atoms with van der Waals surface area (Å²) in [6.07, 6.45) is 1.18. The van der Waals surface area contributed by atoms with Crippen LogP contribution in [0.3, 0.4) is 0 Å². The van der Waals surface area contributed by atoms with E-state index in [-0.39, 0.29) is 5.76 Å². The van der Waals surface area contributed by atoms with Crippen LogP contribution >= 0.6 is 0 Å². The second-order valence-electron chi connectivity index (χ2n) is 5.60. The second-order valence-corrected chi connectivity index (χ2v) is 5.60. The number of aryl methyl sites for hydroxylation is 1. The monoisotopic (exact) mass is 280 g/mol. The van der Waals surface area contributed by atoms with Gasteiger partial charge in [-0.1, -0.05) is 6.92 Å². The lowest BCUT2D eigenvalue weighted by molar-refractivity contribution is 0.0651. The number of hydrogen-bond acceptors (Lipinski definition) is 4. The molecule has 1 N–H and O–H groups in total. The number of aromatic carboxylic acids is 1. The molecule has 2 rings (SSSR count). The van der Waals surface area contributed by atoms with E-state index in [1.807, 2.05) is 6.07 Å². The summed E-state index contributed by atoms with van der Waals surface area (Å²) in [6, 6.07) is 2.48. The molecule has 2 heterocycles. The summed E-state index contributed by atoms with van der Waals surface area (Å²) in [5.74, 6) is -0.175. The summed E-state index contributed by atoms with van der Waals surface area (Å²) in [5, 5.41) is 8.99. The van der Waals surface area contributed by atoms with Crippen LogP contribution in [0.25, 0.3) is 0 Å². The third kappa shape index (κ3) is 3.41. The Morgan fingerprint density at radius 3 is 2.55 bits per heavy atom. The van der Waals surface area contributed by atoms with Gasteiger partial charge in [0.05, 0.1) is 6.54 Å². The molecule has 0 aliphatic carbocycles. The molecule has 1 aliphatic heterocycles. The molecule has 1 saturated heterocycles. The van der Waals surface area contributed by atoms with E-state index in [9.17, 15) is 4.79 Å². The number of carboxylic acid groups (broad SMARTS) is 1. The van der Waals surface area contributed by atoms with Crippen LogP contribution in [0.1, 0.15) is 42.1 Å². The lowest BCUT2D eigenvalue weighted by Crippen LogP contribution is -2.48. The van der Waals surface area contributed by atoms with Gasteiger partial charge in [0.25, 0.3) is 0 Å². The van der Waals surface area contributed by atoms with Crippen LogP contribution in [0.5, 0.6) is 0 Å². The number of carbonyl (C=O) groups is 1. The van der Waals surface area contributed by atoms with E-state index in [0.717, 1.165) is 31.9 Å². The van der Waals surface area contributed by atoms with Gasteiger partial charge >= 0.3 is 5.97 Å².